The van der Waals surface area contributed by atoms with E-state index in [1.54, 1.807) is 19.3 Å². The van der Waals surface area contributed by atoms with Crippen LogP contribution in [-0.2, 0) is 4.79 Å². The number of fused-ring (bicyclic) bond motifs is 1. The van der Waals surface area contributed by atoms with Gasteiger partial charge in [0, 0.05) is 5.41 Å². The molecule has 0 spiro atoms. The van der Waals surface area contributed by atoms with Crippen molar-refractivity contribution in [2.75, 3.05) is 0 Å². The van der Waals surface area contributed by atoms with Gasteiger partial charge in [-0.3, -0.25) is 0 Å². The van der Waals surface area contributed by atoms with Crippen LogP contribution in [0.15, 0.2) is 0 Å². The lowest BCUT2D eigenvalue weighted by atomic mass is 10.0. The summed E-state index contributed by atoms with van der Waals surface area (Å²) in [4.78, 5) is 9.83. The first-order valence-corrected chi connectivity index (χ1v) is 4.49. The van der Waals surface area contributed by atoms with Crippen LogP contribution in [0.3, 0.4) is 0 Å². The highest BCUT2D eigenvalue weighted by atomic mass is 16.1. The SMILES string of the molecule is C1CC2CC12.CC(C)(C)C=O. The molecule has 0 aromatic rings. The van der Waals surface area contributed by atoms with Gasteiger partial charge in [-0.05, 0) is 31.1 Å². The van der Waals surface area contributed by atoms with E-state index in [2.05, 4.69) is 0 Å². The van der Waals surface area contributed by atoms with Crippen molar-refractivity contribution >= 4 is 6.29 Å². The molecule has 64 valence electrons. The van der Waals surface area contributed by atoms with Crippen LogP contribution in [0.4, 0.5) is 0 Å². The van der Waals surface area contributed by atoms with Gasteiger partial charge in [-0.1, -0.05) is 20.8 Å². The highest BCUT2D eigenvalue weighted by Crippen LogP contribution is 2.55. The molecule has 2 fully saturated rings. The lowest BCUT2D eigenvalue weighted by molar-refractivity contribution is -0.113. The van der Waals surface area contributed by atoms with E-state index in [9.17, 15) is 4.79 Å². The average molecular weight is 154 g/mol. The highest BCUT2D eigenvalue weighted by molar-refractivity contribution is 5.56. The molecule has 0 aromatic carbocycles. The fourth-order valence-corrected chi connectivity index (χ4v) is 1.18. The summed E-state index contributed by atoms with van der Waals surface area (Å²) in [6.07, 6.45) is 5.64. The summed E-state index contributed by atoms with van der Waals surface area (Å²) in [7, 11) is 0. The third-order valence-corrected chi connectivity index (χ3v) is 2.33. The Labute approximate surface area is 69.2 Å². The van der Waals surface area contributed by atoms with E-state index < -0.39 is 0 Å². The predicted molar refractivity (Wildman–Crippen MR) is 46.4 cm³/mol. The Hall–Kier alpha value is -0.330. The molecule has 0 radical (unpaired) electrons. The van der Waals surface area contributed by atoms with Crippen LogP contribution < -0.4 is 0 Å². The van der Waals surface area contributed by atoms with Crippen molar-refractivity contribution in [3.8, 4) is 0 Å². The van der Waals surface area contributed by atoms with Gasteiger partial charge in [0.15, 0.2) is 0 Å². The fourth-order valence-electron chi connectivity index (χ4n) is 1.18. The van der Waals surface area contributed by atoms with E-state index in [0.29, 0.717) is 0 Å². The first-order chi connectivity index (χ1) is 5.03. The topological polar surface area (TPSA) is 17.1 Å². The van der Waals surface area contributed by atoms with Gasteiger partial charge < -0.3 is 4.79 Å². The van der Waals surface area contributed by atoms with E-state index in [1.165, 1.54) is 11.8 Å². The number of carbonyl (C=O) groups excluding carboxylic acids is 1. The Bertz CT molecular complexity index is 131. The average Bonchev–Trinajstić information content (AvgIpc) is 2.39. The molecule has 0 aromatic heterocycles. The van der Waals surface area contributed by atoms with E-state index in [-0.39, 0.29) is 5.41 Å². The van der Waals surface area contributed by atoms with Crippen molar-refractivity contribution in [2.24, 2.45) is 17.3 Å². The zero-order chi connectivity index (χ0) is 8.48. The Kier molecular flexibility index (Phi) is 2.36. The lowest BCUT2D eigenvalue weighted by Crippen LogP contribution is -2.04. The van der Waals surface area contributed by atoms with Crippen molar-refractivity contribution < 1.29 is 4.79 Å². The molecule has 0 heterocycles. The molecule has 2 unspecified atom stereocenters. The van der Waals surface area contributed by atoms with Crippen molar-refractivity contribution in [1.82, 2.24) is 0 Å². The zero-order valence-corrected chi connectivity index (χ0v) is 7.76. The first kappa shape index (κ1) is 8.76. The van der Waals surface area contributed by atoms with Gasteiger partial charge in [0.1, 0.15) is 6.29 Å². The van der Waals surface area contributed by atoms with E-state index in [4.69, 9.17) is 0 Å². The maximum Gasteiger partial charge on any atom is 0.125 e. The summed E-state index contributed by atoms with van der Waals surface area (Å²) < 4.78 is 0. The van der Waals surface area contributed by atoms with Gasteiger partial charge in [0.25, 0.3) is 0 Å². The van der Waals surface area contributed by atoms with Crippen molar-refractivity contribution in [1.29, 1.82) is 0 Å². The summed E-state index contributed by atoms with van der Waals surface area (Å²) >= 11 is 0. The number of rotatable bonds is 0. The minimum Gasteiger partial charge on any atom is -0.303 e. The summed E-state index contributed by atoms with van der Waals surface area (Å²) in [5, 5.41) is 0. The normalized spacial score (nSPS) is 32.3. The molecule has 0 amide bonds. The first-order valence-electron chi connectivity index (χ1n) is 4.49. The second-order valence-electron chi connectivity index (χ2n) is 4.82. The Morgan fingerprint density at radius 3 is 1.55 bits per heavy atom. The molecule has 2 aliphatic rings. The number of hydrogen-bond donors (Lipinski definition) is 0. The second kappa shape index (κ2) is 2.96. The molecule has 2 atom stereocenters. The fraction of sp³-hybridized carbons (Fsp3) is 0.900. The van der Waals surface area contributed by atoms with E-state index in [1.807, 2.05) is 20.8 Å². The second-order valence-corrected chi connectivity index (χ2v) is 4.82. The van der Waals surface area contributed by atoms with Crippen molar-refractivity contribution in [2.45, 2.75) is 40.0 Å². The monoisotopic (exact) mass is 154 g/mol. The third kappa shape index (κ3) is 3.04. The van der Waals surface area contributed by atoms with Gasteiger partial charge in [0.2, 0.25) is 0 Å². The molecule has 11 heavy (non-hydrogen) atoms. The van der Waals surface area contributed by atoms with Crippen molar-refractivity contribution in [3.05, 3.63) is 0 Å². The van der Waals surface area contributed by atoms with Gasteiger partial charge in [0.05, 0.1) is 0 Å². The predicted octanol–water partition coefficient (Wildman–Crippen LogP) is 2.65. The van der Waals surface area contributed by atoms with Crippen LogP contribution in [0.1, 0.15) is 40.0 Å². The van der Waals surface area contributed by atoms with E-state index in [0.717, 1.165) is 6.29 Å². The van der Waals surface area contributed by atoms with Gasteiger partial charge in [-0.2, -0.15) is 0 Å². The quantitative estimate of drug-likeness (QED) is 0.490. The Morgan fingerprint density at radius 1 is 1.18 bits per heavy atom. The Morgan fingerprint density at radius 2 is 1.55 bits per heavy atom. The van der Waals surface area contributed by atoms with Gasteiger partial charge >= 0.3 is 0 Å². The molecule has 2 rings (SSSR count). The lowest BCUT2D eigenvalue weighted by Gasteiger charge is -2.04. The maximum atomic E-state index is 9.83. The minimum atomic E-state index is -0.139. The zero-order valence-electron chi connectivity index (χ0n) is 7.76. The molecule has 1 heteroatoms. The van der Waals surface area contributed by atoms with Gasteiger partial charge in [-0.25, -0.2) is 0 Å². The highest BCUT2D eigenvalue weighted by Gasteiger charge is 2.44. The molecule has 2 saturated carbocycles. The van der Waals surface area contributed by atoms with Crippen LogP contribution in [-0.4, -0.2) is 6.29 Å². The number of carbonyl (C=O) groups is 1. The summed E-state index contributed by atoms with van der Waals surface area (Å²) in [5.74, 6) is 2.46. The van der Waals surface area contributed by atoms with Crippen LogP contribution >= 0.6 is 0 Å². The minimum absolute atomic E-state index is 0.139. The van der Waals surface area contributed by atoms with E-state index >= 15 is 0 Å². The Balaban J connectivity index is 0.000000110. The molecule has 0 aliphatic heterocycles. The molecule has 1 nitrogen and oxygen atoms in total. The van der Waals surface area contributed by atoms with Crippen LogP contribution in [0, 0.1) is 17.3 Å². The number of aldehydes is 1. The molecule has 0 N–H and O–H groups in total. The van der Waals surface area contributed by atoms with Crippen molar-refractivity contribution in [3.63, 3.8) is 0 Å². The molecule has 2 aliphatic carbocycles. The summed E-state index contributed by atoms with van der Waals surface area (Å²) in [5.41, 5.74) is -0.139. The largest absolute Gasteiger partial charge is 0.303 e. The molecular weight excluding hydrogens is 136 g/mol. The summed E-state index contributed by atoms with van der Waals surface area (Å²) in [6.45, 7) is 5.62. The maximum absolute atomic E-state index is 9.83. The number of hydrogen-bond acceptors (Lipinski definition) is 1. The molecule has 0 bridgehead atoms. The van der Waals surface area contributed by atoms with Crippen LogP contribution in [0.2, 0.25) is 0 Å². The molecule has 0 saturated heterocycles. The van der Waals surface area contributed by atoms with Crippen LogP contribution in [0.5, 0.6) is 0 Å². The summed E-state index contributed by atoms with van der Waals surface area (Å²) in [6, 6.07) is 0. The standard InChI is InChI=1S/C5H10O.C5H8/c1-5(2,3)4-6;1-2-5-3-4(1)5/h4H,1-3H3;4-5H,1-3H2. The third-order valence-electron chi connectivity index (χ3n) is 2.33. The smallest absolute Gasteiger partial charge is 0.125 e. The van der Waals surface area contributed by atoms with Crippen LogP contribution in [0.25, 0.3) is 0 Å². The molecular formula is C10H18O. The van der Waals surface area contributed by atoms with Gasteiger partial charge in [-0.15, -0.1) is 0 Å².